The number of amides is 1. The Balaban J connectivity index is 2.18. The highest BCUT2D eigenvalue weighted by atomic mass is 16.6. The number of nitrogens with one attached hydrogen (secondary N) is 1. The van der Waals surface area contributed by atoms with Crippen LogP contribution in [0.15, 0.2) is 0 Å². The summed E-state index contributed by atoms with van der Waals surface area (Å²) >= 11 is 0. The van der Waals surface area contributed by atoms with Crippen LogP contribution in [0.2, 0.25) is 0 Å². The summed E-state index contributed by atoms with van der Waals surface area (Å²) in [5.74, 6) is 0. The van der Waals surface area contributed by atoms with Crippen LogP contribution in [0.1, 0.15) is 13.3 Å². The van der Waals surface area contributed by atoms with Gasteiger partial charge in [-0.25, -0.2) is 4.79 Å². The molecule has 0 spiro atoms. The van der Waals surface area contributed by atoms with Gasteiger partial charge in [0, 0.05) is 12.6 Å². The standard InChI is InChI=1S/C8H16N2O2/c1-7(9-2)3-4-10-5-6-12-8(10)11/h7,9H,3-6H2,1-2H3. The quantitative estimate of drug-likeness (QED) is 0.669. The molecule has 0 aromatic carbocycles. The summed E-state index contributed by atoms with van der Waals surface area (Å²) in [5.41, 5.74) is 0. The molecule has 1 unspecified atom stereocenters. The molecule has 1 fully saturated rings. The van der Waals surface area contributed by atoms with Crippen molar-refractivity contribution < 1.29 is 9.53 Å². The highest BCUT2D eigenvalue weighted by molar-refractivity contribution is 5.69. The summed E-state index contributed by atoms with van der Waals surface area (Å²) in [6.45, 7) is 4.18. The van der Waals surface area contributed by atoms with Crippen molar-refractivity contribution in [2.24, 2.45) is 0 Å². The van der Waals surface area contributed by atoms with Gasteiger partial charge >= 0.3 is 6.09 Å². The Labute approximate surface area is 72.9 Å². The molecule has 12 heavy (non-hydrogen) atoms. The van der Waals surface area contributed by atoms with Crippen LogP contribution in [0.25, 0.3) is 0 Å². The van der Waals surface area contributed by atoms with E-state index in [2.05, 4.69) is 12.2 Å². The lowest BCUT2D eigenvalue weighted by molar-refractivity contribution is 0.157. The number of ether oxygens (including phenoxy) is 1. The first-order chi connectivity index (χ1) is 5.74. The molecule has 0 aliphatic carbocycles. The average Bonchev–Trinajstić information content (AvgIpc) is 2.47. The van der Waals surface area contributed by atoms with Crippen LogP contribution in [0.3, 0.4) is 0 Å². The Hall–Kier alpha value is -0.770. The maximum Gasteiger partial charge on any atom is 0.409 e. The van der Waals surface area contributed by atoms with Gasteiger partial charge in [0.05, 0.1) is 6.54 Å². The molecule has 1 saturated heterocycles. The van der Waals surface area contributed by atoms with E-state index in [1.165, 1.54) is 0 Å². The van der Waals surface area contributed by atoms with E-state index in [4.69, 9.17) is 4.74 Å². The Kier molecular flexibility index (Phi) is 3.34. The van der Waals surface area contributed by atoms with Crippen LogP contribution >= 0.6 is 0 Å². The molecule has 0 aromatic rings. The molecule has 0 saturated carbocycles. The van der Waals surface area contributed by atoms with Crippen LogP contribution in [0, 0.1) is 0 Å². The van der Waals surface area contributed by atoms with Gasteiger partial charge in [-0.05, 0) is 20.4 Å². The Morgan fingerprint density at radius 2 is 2.50 bits per heavy atom. The largest absolute Gasteiger partial charge is 0.448 e. The van der Waals surface area contributed by atoms with Gasteiger partial charge in [0.25, 0.3) is 0 Å². The van der Waals surface area contributed by atoms with E-state index in [1.54, 1.807) is 4.90 Å². The number of hydrogen-bond acceptors (Lipinski definition) is 3. The van der Waals surface area contributed by atoms with E-state index in [0.29, 0.717) is 12.6 Å². The van der Waals surface area contributed by atoms with Crippen LogP contribution in [0.4, 0.5) is 4.79 Å². The average molecular weight is 172 g/mol. The third kappa shape index (κ3) is 2.37. The molecule has 0 bridgehead atoms. The predicted octanol–water partition coefficient (Wildman–Crippen LogP) is 0.437. The molecule has 1 aliphatic heterocycles. The molecule has 1 aliphatic rings. The third-order valence-corrected chi connectivity index (χ3v) is 2.17. The van der Waals surface area contributed by atoms with Crippen molar-refractivity contribution in [1.82, 2.24) is 10.2 Å². The highest BCUT2D eigenvalue weighted by Crippen LogP contribution is 2.04. The maximum absolute atomic E-state index is 11.0. The zero-order chi connectivity index (χ0) is 8.97. The SMILES string of the molecule is CNC(C)CCN1CCOC1=O. The first-order valence-electron chi connectivity index (χ1n) is 4.33. The smallest absolute Gasteiger partial charge is 0.409 e. The van der Waals surface area contributed by atoms with Crippen molar-refractivity contribution in [2.75, 3.05) is 26.7 Å². The summed E-state index contributed by atoms with van der Waals surface area (Å²) in [7, 11) is 1.92. The van der Waals surface area contributed by atoms with E-state index in [1.807, 2.05) is 7.05 Å². The number of cyclic esters (lactones) is 1. The molecular formula is C8H16N2O2. The van der Waals surface area contributed by atoms with Gasteiger partial charge < -0.3 is 15.0 Å². The minimum absolute atomic E-state index is 0.168. The molecule has 1 rings (SSSR count). The summed E-state index contributed by atoms with van der Waals surface area (Å²) in [6, 6.07) is 0.457. The Bertz CT molecular complexity index is 161. The molecule has 1 atom stereocenters. The lowest BCUT2D eigenvalue weighted by Crippen LogP contribution is -2.31. The normalized spacial score (nSPS) is 19.5. The fourth-order valence-corrected chi connectivity index (χ4v) is 1.12. The summed E-state index contributed by atoms with van der Waals surface area (Å²) in [4.78, 5) is 12.7. The molecule has 0 radical (unpaired) electrons. The van der Waals surface area contributed by atoms with Crippen LogP contribution in [0.5, 0.6) is 0 Å². The lowest BCUT2D eigenvalue weighted by Gasteiger charge is -2.15. The molecule has 1 heterocycles. The number of hydrogen-bond donors (Lipinski definition) is 1. The topological polar surface area (TPSA) is 41.6 Å². The van der Waals surface area contributed by atoms with E-state index < -0.39 is 0 Å². The van der Waals surface area contributed by atoms with Gasteiger partial charge in [0.2, 0.25) is 0 Å². The van der Waals surface area contributed by atoms with Crippen LogP contribution in [-0.4, -0.2) is 43.8 Å². The van der Waals surface area contributed by atoms with E-state index >= 15 is 0 Å². The van der Waals surface area contributed by atoms with Gasteiger partial charge in [0.15, 0.2) is 0 Å². The van der Waals surface area contributed by atoms with Gasteiger partial charge in [-0.2, -0.15) is 0 Å². The van der Waals surface area contributed by atoms with E-state index in [0.717, 1.165) is 19.5 Å². The first-order valence-corrected chi connectivity index (χ1v) is 4.33. The zero-order valence-corrected chi connectivity index (χ0v) is 7.67. The van der Waals surface area contributed by atoms with Gasteiger partial charge in [-0.15, -0.1) is 0 Å². The first kappa shape index (κ1) is 9.32. The lowest BCUT2D eigenvalue weighted by atomic mass is 10.2. The molecule has 0 aromatic heterocycles. The summed E-state index contributed by atoms with van der Waals surface area (Å²) in [6.07, 6.45) is 0.810. The minimum atomic E-state index is -0.168. The summed E-state index contributed by atoms with van der Waals surface area (Å²) < 4.78 is 4.80. The number of carbonyl (C=O) groups excluding carboxylic acids is 1. The molecule has 4 nitrogen and oxygen atoms in total. The van der Waals surface area contributed by atoms with Crippen molar-refractivity contribution in [3.05, 3.63) is 0 Å². The highest BCUT2D eigenvalue weighted by Gasteiger charge is 2.21. The Morgan fingerprint density at radius 3 is 3.00 bits per heavy atom. The number of nitrogens with zero attached hydrogens (tertiary/aromatic N) is 1. The van der Waals surface area contributed by atoms with Crippen LogP contribution in [-0.2, 0) is 4.74 Å². The number of carbonyl (C=O) groups is 1. The zero-order valence-electron chi connectivity index (χ0n) is 7.67. The minimum Gasteiger partial charge on any atom is -0.448 e. The third-order valence-electron chi connectivity index (χ3n) is 2.17. The van der Waals surface area contributed by atoms with E-state index in [9.17, 15) is 4.79 Å². The number of rotatable bonds is 4. The second-order valence-corrected chi connectivity index (χ2v) is 3.08. The van der Waals surface area contributed by atoms with Crippen molar-refractivity contribution in [3.8, 4) is 0 Å². The van der Waals surface area contributed by atoms with E-state index in [-0.39, 0.29) is 6.09 Å². The molecule has 4 heteroatoms. The molecular weight excluding hydrogens is 156 g/mol. The van der Waals surface area contributed by atoms with Crippen LogP contribution < -0.4 is 5.32 Å². The van der Waals surface area contributed by atoms with Crippen molar-refractivity contribution in [2.45, 2.75) is 19.4 Å². The molecule has 70 valence electrons. The van der Waals surface area contributed by atoms with Gasteiger partial charge in [0.1, 0.15) is 6.61 Å². The molecule has 1 amide bonds. The van der Waals surface area contributed by atoms with Crippen molar-refractivity contribution in [1.29, 1.82) is 0 Å². The van der Waals surface area contributed by atoms with Gasteiger partial charge in [-0.1, -0.05) is 0 Å². The van der Waals surface area contributed by atoms with Crippen molar-refractivity contribution >= 4 is 6.09 Å². The molecule has 1 N–H and O–H groups in total. The second kappa shape index (κ2) is 4.30. The second-order valence-electron chi connectivity index (χ2n) is 3.08. The monoisotopic (exact) mass is 172 g/mol. The predicted molar refractivity (Wildman–Crippen MR) is 46.1 cm³/mol. The maximum atomic E-state index is 11.0. The fraction of sp³-hybridized carbons (Fsp3) is 0.875. The summed E-state index contributed by atoms with van der Waals surface area (Å²) in [5, 5.41) is 3.12. The van der Waals surface area contributed by atoms with Crippen molar-refractivity contribution in [3.63, 3.8) is 0 Å². The fourth-order valence-electron chi connectivity index (χ4n) is 1.12. The Morgan fingerprint density at radius 1 is 1.75 bits per heavy atom. The van der Waals surface area contributed by atoms with Gasteiger partial charge in [-0.3, -0.25) is 0 Å².